The highest BCUT2D eigenvalue weighted by Gasteiger charge is 2.13. The Kier molecular flexibility index (Phi) is 3.79. The minimum Gasteiger partial charge on any atom is -0.486 e. The molecule has 6 nitrogen and oxygen atoms in total. The molecule has 0 saturated heterocycles. The first-order valence-corrected chi connectivity index (χ1v) is 5.95. The van der Waals surface area contributed by atoms with Gasteiger partial charge >= 0.3 is 5.97 Å². The van der Waals surface area contributed by atoms with Crippen molar-refractivity contribution in [3.8, 4) is 5.75 Å². The number of aromatic carboxylic acids is 1. The average molecular weight is 261 g/mol. The molecule has 0 amide bonds. The maximum absolute atomic E-state index is 11.1. The summed E-state index contributed by atoms with van der Waals surface area (Å²) in [6, 6.07) is 3.34. The van der Waals surface area contributed by atoms with E-state index < -0.39 is 5.97 Å². The first kappa shape index (κ1) is 13.1. The van der Waals surface area contributed by atoms with Gasteiger partial charge in [0.15, 0.2) is 11.4 Å². The zero-order valence-corrected chi connectivity index (χ0v) is 10.8. The van der Waals surface area contributed by atoms with Gasteiger partial charge < -0.3 is 9.84 Å². The lowest BCUT2D eigenvalue weighted by molar-refractivity contribution is 0.0684. The number of hydrogen-bond acceptors (Lipinski definition) is 4. The summed E-state index contributed by atoms with van der Waals surface area (Å²) < 4.78 is 7.28. The van der Waals surface area contributed by atoms with Crippen molar-refractivity contribution in [2.45, 2.75) is 27.0 Å². The summed E-state index contributed by atoms with van der Waals surface area (Å²) in [6.07, 6.45) is 3.56. The van der Waals surface area contributed by atoms with E-state index in [0.29, 0.717) is 5.69 Å². The molecule has 2 aromatic rings. The van der Waals surface area contributed by atoms with E-state index in [1.165, 1.54) is 0 Å². The lowest BCUT2D eigenvalue weighted by atomic mass is 10.3. The Balaban J connectivity index is 2.12. The Morgan fingerprint density at radius 1 is 1.47 bits per heavy atom. The molecule has 1 N–H and O–H groups in total. The van der Waals surface area contributed by atoms with E-state index in [4.69, 9.17) is 9.84 Å². The number of carboxylic acid groups (broad SMARTS) is 1. The van der Waals surface area contributed by atoms with Crippen LogP contribution in [0.2, 0.25) is 0 Å². The van der Waals surface area contributed by atoms with Crippen molar-refractivity contribution in [1.82, 2.24) is 14.8 Å². The highest BCUT2D eigenvalue weighted by atomic mass is 16.5. The summed E-state index contributed by atoms with van der Waals surface area (Å²) >= 11 is 0. The monoisotopic (exact) mass is 261 g/mol. The Labute approximate surface area is 110 Å². The standard InChI is InChI=1S/C13H15N3O3/c1-3-16-7-10(6-14-16)8-19-11-5-4-9(2)15-12(11)13(17)18/h4-7H,3,8H2,1-2H3,(H,17,18). The molecule has 0 aliphatic heterocycles. The van der Waals surface area contributed by atoms with Gasteiger partial charge in [0, 0.05) is 24.0 Å². The molecule has 0 aliphatic carbocycles. The molecule has 2 rings (SSSR count). The summed E-state index contributed by atoms with van der Waals surface area (Å²) in [5.41, 5.74) is 1.46. The van der Waals surface area contributed by atoms with Crippen molar-refractivity contribution >= 4 is 5.97 Å². The lowest BCUT2D eigenvalue weighted by Gasteiger charge is -2.07. The van der Waals surface area contributed by atoms with Crippen molar-refractivity contribution in [2.75, 3.05) is 0 Å². The van der Waals surface area contributed by atoms with E-state index in [9.17, 15) is 4.79 Å². The highest BCUT2D eigenvalue weighted by Crippen LogP contribution is 2.18. The SMILES string of the molecule is CCn1cc(COc2ccc(C)nc2C(=O)O)cn1. The van der Waals surface area contributed by atoms with Crippen LogP contribution < -0.4 is 4.74 Å². The first-order valence-electron chi connectivity index (χ1n) is 5.95. The second kappa shape index (κ2) is 5.51. The Bertz CT molecular complexity index is 593. The van der Waals surface area contributed by atoms with Gasteiger partial charge in [0.25, 0.3) is 0 Å². The summed E-state index contributed by atoms with van der Waals surface area (Å²) in [6.45, 7) is 4.78. The number of carbonyl (C=O) groups is 1. The Morgan fingerprint density at radius 2 is 2.26 bits per heavy atom. The number of ether oxygens (including phenoxy) is 1. The van der Waals surface area contributed by atoms with Crippen LogP contribution in [0, 0.1) is 6.92 Å². The van der Waals surface area contributed by atoms with Gasteiger partial charge in [-0.15, -0.1) is 0 Å². The van der Waals surface area contributed by atoms with Crippen molar-refractivity contribution in [1.29, 1.82) is 0 Å². The molecule has 19 heavy (non-hydrogen) atoms. The van der Waals surface area contributed by atoms with Crippen LogP contribution in [0.3, 0.4) is 0 Å². The fourth-order valence-corrected chi connectivity index (χ4v) is 1.63. The molecule has 6 heteroatoms. The van der Waals surface area contributed by atoms with Gasteiger partial charge in [-0.05, 0) is 26.0 Å². The van der Waals surface area contributed by atoms with Crippen molar-refractivity contribution in [3.05, 3.63) is 41.5 Å². The Hall–Kier alpha value is -2.37. The molecule has 0 saturated carbocycles. The van der Waals surface area contributed by atoms with Crippen molar-refractivity contribution in [2.24, 2.45) is 0 Å². The largest absolute Gasteiger partial charge is 0.486 e. The normalized spacial score (nSPS) is 10.4. The third kappa shape index (κ3) is 3.09. The zero-order chi connectivity index (χ0) is 13.8. The van der Waals surface area contributed by atoms with E-state index >= 15 is 0 Å². The summed E-state index contributed by atoms with van der Waals surface area (Å²) in [4.78, 5) is 15.0. The quantitative estimate of drug-likeness (QED) is 0.889. The van der Waals surface area contributed by atoms with Crippen LogP contribution in [0.1, 0.15) is 28.7 Å². The fourth-order valence-electron chi connectivity index (χ4n) is 1.63. The van der Waals surface area contributed by atoms with E-state index in [1.807, 2.05) is 13.1 Å². The molecule has 0 bridgehead atoms. The Morgan fingerprint density at radius 3 is 2.89 bits per heavy atom. The van der Waals surface area contributed by atoms with Gasteiger partial charge in [-0.3, -0.25) is 4.68 Å². The molecule has 0 spiro atoms. The number of nitrogens with zero attached hydrogens (tertiary/aromatic N) is 3. The third-order valence-electron chi connectivity index (χ3n) is 2.61. The van der Waals surface area contributed by atoms with Gasteiger partial charge in [-0.25, -0.2) is 9.78 Å². The lowest BCUT2D eigenvalue weighted by Crippen LogP contribution is -2.06. The number of pyridine rings is 1. The number of rotatable bonds is 5. The van der Waals surface area contributed by atoms with E-state index in [-0.39, 0.29) is 18.1 Å². The highest BCUT2D eigenvalue weighted by molar-refractivity contribution is 5.88. The molecule has 0 radical (unpaired) electrons. The fraction of sp³-hybridized carbons (Fsp3) is 0.308. The van der Waals surface area contributed by atoms with Crippen LogP contribution in [-0.2, 0) is 13.2 Å². The zero-order valence-electron chi connectivity index (χ0n) is 10.8. The van der Waals surface area contributed by atoms with Gasteiger partial charge in [0.1, 0.15) is 6.61 Å². The van der Waals surface area contributed by atoms with Gasteiger partial charge in [-0.1, -0.05) is 0 Å². The van der Waals surface area contributed by atoms with Crippen molar-refractivity contribution in [3.63, 3.8) is 0 Å². The molecule has 0 unspecified atom stereocenters. The van der Waals surface area contributed by atoms with Crippen molar-refractivity contribution < 1.29 is 14.6 Å². The molecule has 0 atom stereocenters. The number of hydrogen-bond donors (Lipinski definition) is 1. The second-order valence-electron chi connectivity index (χ2n) is 4.10. The summed E-state index contributed by atoms with van der Waals surface area (Å²) in [5, 5.41) is 13.2. The topological polar surface area (TPSA) is 77.2 Å². The molecule has 2 heterocycles. The van der Waals surface area contributed by atoms with Crippen LogP contribution in [-0.4, -0.2) is 25.8 Å². The minimum absolute atomic E-state index is 0.0668. The van der Waals surface area contributed by atoms with Crippen LogP contribution >= 0.6 is 0 Å². The third-order valence-corrected chi connectivity index (χ3v) is 2.61. The number of carboxylic acids is 1. The molecule has 0 fully saturated rings. The van der Waals surface area contributed by atoms with Crippen LogP contribution in [0.15, 0.2) is 24.5 Å². The number of aryl methyl sites for hydroxylation is 2. The van der Waals surface area contributed by atoms with Gasteiger partial charge in [0.05, 0.1) is 6.20 Å². The summed E-state index contributed by atoms with van der Waals surface area (Å²) in [5.74, 6) is -0.828. The number of aromatic nitrogens is 3. The summed E-state index contributed by atoms with van der Waals surface area (Å²) in [7, 11) is 0. The van der Waals surface area contributed by atoms with Crippen LogP contribution in [0.5, 0.6) is 5.75 Å². The molecular weight excluding hydrogens is 246 g/mol. The second-order valence-corrected chi connectivity index (χ2v) is 4.10. The average Bonchev–Trinajstić information content (AvgIpc) is 2.85. The van der Waals surface area contributed by atoms with Crippen LogP contribution in [0.4, 0.5) is 0 Å². The predicted octanol–water partition coefficient (Wildman–Crippen LogP) is 1.88. The molecule has 0 aliphatic rings. The smallest absolute Gasteiger partial charge is 0.358 e. The first-order chi connectivity index (χ1) is 9.10. The molecule has 100 valence electrons. The molecular formula is C13H15N3O3. The van der Waals surface area contributed by atoms with Crippen LogP contribution in [0.25, 0.3) is 0 Å². The molecule has 0 aromatic carbocycles. The minimum atomic E-state index is -1.09. The maximum atomic E-state index is 11.1. The van der Waals surface area contributed by atoms with E-state index in [1.54, 1.807) is 29.9 Å². The molecule has 2 aromatic heterocycles. The predicted molar refractivity (Wildman–Crippen MR) is 68.2 cm³/mol. The van der Waals surface area contributed by atoms with Gasteiger partial charge in [-0.2, -0.15) is 5.10 Å². The van der Waals surface area contributed by atoms with E-state index in [0.717, 1.165) is 12.1 Å². The maximum Gasteiger partial charge on any atom is 0.358 e. The van der Waals surface area contributed by atoms with E-state index in [2.05, 4.69) is 10.1 Å². The van der Waals surface area contributed by atoms with Gasteiger partial charge in [0.2, 0.25) is 0 Å².